The van der Waals surface area contributed by atoms with Crippen LogP contribution in [-0.4, -0.2) is 38.3 Å². The number of piperidine rings is 1. The molecule has 5 nitrogen and oxygen atoms in total. The van der Waals surface area contributed by atoms with Crippen molar-refractivity contribution < 1.29 is 13.2 Å². The first-order chi connectivity index (χ1) is 11.5. The Kier molecular flexibility index (Phi) is 7.24. The van der Waals surface area contributed by atoms with Gasteiger partial charge in [0.25, 0.3) is 0 Å². The van der Waals surface area contributed by atoms with Gasteiger partial charge in [-0.25, -0.2) is 8.42 Å². The molecule has 1 aliphatic heterocycles. The summed E-state index contributed by atoms with van der Waals surface area (Å²) in [7, 11) is -3.37. The molecule has 0 bridgehead atoms. The summed E-state index contributed by atoms with van der Waals surface area (Å²) in [5.41, 5.74) is 0.984. The average Bonchev–Trinajstić information content (AvgIpc) is 2.61. The Morgan fingerprint density at radius 2 is 1.79 bits per heavy atom. The molecule has 1 aromatic rings. The van der Waals surface area contributed by atoms with E-state index in [-0.39, 0.29) is 5.91 Å². The van der Waals surface area contributed by atoms with Crippen LogP contribution in [0.3, 0.4) is 0 Å². The SMILES string of the molecule is CCCCNC(=O)CCc1ccc(S(=O)(=O)N2CCCCC2)cc1. The van der Waals surface area contributed by atoms with Crippen molar-refractivity contribution in [2.75, 3.05) is 19.6 Å². The normalized spacial score (nSPS) is 16.0. The first-order valence-corrected chi connectivity index (χ1v) is 10.3. The van der Waals surface area contributed by atoms with E-state index in [2.05, 4.69) is 12.2 Å². The highest BCUT2D eigenvalue weighted by Gasteiger charge is 2.25. The number of nitrogens with one attached hydrogen (secondary N) is 1. The van der Waals surface area contributed by atoms with Gasteiger partial charge >= 0.3 is 0 Å². The number of amides is 1. The van der Waals surface area contributed by atoms with Gasteiger partial charge in [-0.15, -0.1) is 0 Å². The summed E-state index contributed by atoms with van der Waals surface area (Å²) >= 11 is 0. The topological polar surface area (TPSA) is 66.5 Å². The molecule has 1 heterocycles. The highest BCUT2D eigenvalue weighted by molar-refractivity contribution is 7.89. The summed E-state index contributed by atoms with van der Waals surface area (Å²) in [6, 6.07) is 6.95. The smallest absolute Gasteiger partial charge is 0.243 e. The molecule has 1 saturated heterocycles. The van der Waals surface area contributed by atoms with Crippen molar-refractivity contribution in [3.8, 4) is 0 Å². The van der Waals surface area contributed by atoms with Crippen molar-refractivity contribution in [3.63, 3.8) is 0 Å². The number of benzene rings is 1. The highest BCUT2D eigenvalue weighted by atomic mass is 32.2. The van der Waals surface area contributed by atoms with E-state index in [1.54, 1.807) is 16.4 Å². The molecule has 0 saturated carbocycles. The standard InChI is InChI=1S/C18H28N2O3S/c1-2-3-13-19-18(21)12-9-16-7-10-17(11-8-16)24(22,23)20-14-5-4-6-15-20/h7-8,10-11H,2-6,9,12-15H2,1H3,(H,19,21). The fourth-order valence-electron chi connectivity index (χ4n) is 2.83. The summed E-state index contributed by atoms with van der Waals surface area (Å²) in [4.78, 5) is 12.1. The van der Waals surface area contributed by atoms with Gasteiger partial charge in [-0.05, 0) is 43.4 Å². The molecule has 0 aliphatic carbocycles. The lowest BCUT2D eigenvalue weighted by Gasteiger charge is -2.25. The predicted octanol–water partition coefficient (Wildman–Crippen LogP) is 2.71. The van der Waals surface area contributed by atoms with Crippen LogP contribution in [0.2, 0.25) is 0 Å². The maximum atomic E-state index is 12.6. The highest BCUT2D eigenvalue weighted by Crippen LogP contribution is 2.21. The van der Waals surface area contributed by atoms with Crippen LogP contribution in [0.4, 0.5) is 0 Å². The van der Waals surface area contributed by atoms with Crippen LogP contribution in [-0.2, 0) is 21.2 Å². The van der Waals surface area contributed by atoms with Crippen LogP contribution in [0.1, 0.15) is 51.0 Å². The maximum Gasteiger partial charge on any atom is 0.243 e. The minimum atomic E-state index is -3.37. The van der Waals surface area contributed by atoms with E-state index in [0.717, 1.165) is 44.2 Å². The Hall–Kier alpha value is -1.40. The lowest BCUT2D eigenvalue weighted by Crippen LogP contribution is -2.35. The van der Waals surface area contributed by atoms with Crippen molar-refractivity contribution in [1.82, 2.24) is 9.62 Å². The molecule has 0 radical (unpaired) electrons. The number of carbonyl (C=O) groups is 1. The fourth-order valence-corrected chi connectivity index (χ4v) is 4.35. The predicted molar refractivity (Wildman–Crippen MR) is 95.3 cm³/mol. The molecule has 1 N–H and O–H groups in total. The molecule has 2 rings (SSSR count). The zero-order valence-electron chi connectivity index (χ0n) is 14.5. The van der Waals surface area contributed by atoms with Gasteiger partial charge in [-0.1, -0.05) is 31.9 Å². The van der Waals surface area contributed by atoms with Crippen molar-refractivity contribution in [2.45, 2.75) is 56.8 Å². The van der Waals surface area contributed by atoms with Crippen LogP contribution in [0.25, 0.3) is 0 Å². The molecule has 0 spiro atoms. The van der Waals surface area contributed by atoms with Gasteiger partial charge in [0, 0.05) is 26.1 Å². The maximum absolute atomic E-state index is 12.6. The van der Waals surface area contributed by atoms with Crippen LogP contribution in [0.15, 0.2) is 29.2 Å². The van der Waals surface area contributed by atoms with Gasteiger partial charge in [-0.3, -0.25) is 4.79 Å². The molecule has 0 atom stereocenters. The minimum absolute atomic E-state index is 0.0495. The summed E-state index contributed by atoms with van der Waals surface area (Å²) < 4.78 is 26.7. The number of carbonyl (C=O) groups excluding carboxylic acids is 1. The second kappa shape index (κ2) is 9.18. The Morgan fingerprint density at radius 1 is 1.12 bits per heavy atom. The minimum Gasteiger partial charge on any atom is -0.356 e. The molecule has 24 heavy (non-hydrogen) atoms. The van der Waals surface area contributed by atoms with Gasteiger partial charge in [0.2, 0.25) is 15.9 Å². The van der Waals surface area contributed by atoms with Crippen LogP contribution >= 0.6 is 0 Å². The number of rotatable bonds is 8. The molecule has 0 unspecified atom stereocenters. The number of sulfonamides is 1. The van der Waals surface area contributed by atoms with E-state index in [4.69, 9.17) is 0 Å². The summed E-state index contributed by atoms with van der Waals surface area (Å²) in [6.07, 6.45) is 6.09. The third kappa shape index (κ3) is 5.31. The summed E-state index contributed by atoms with van der Waals surface area (Å²) in [5, 5.41) is 2.89. The largest absolute Gasteiger partial charge is 0.356 e. The molecule has 1 amide bonds. The van der Waals surface area contributed by atoms with Gasteiger partial charge in [0.15, 0.2) is 0 Å². The van der Waals surface area contributed by atoms with E-state index < -0.39 is 10.0 Å². The van der Waals surface area contributed by atoms with Crippen LogP contribution < -0.4 is 5.32 Å². The molecular weight excluding hydrogens is 324 g/mol. The number of hydrogen-bond donors (Lipinski definition) is 1. The second-order valence-corrected chi connectivity index (χ2v) is 8.25. The van der Waals surface area contributed by atoms with E-state index in [1.165, 1.54) is 0 Å². The Balaban J connectivity index is 1.89. The van der Waals surface area contributed by atoms with Gasteiger partial charge in [0.05, 0.1) is 4.90 Å². The van der Waals surface area contributed by atoms with E-state index in [0.29, 0.717) is 30.8 Å². The Morgan fingerprint density at radius 3 is 2.42 bits per heavy atom. The average molecular weight is 353 g/mol. The van der Waals surface area contributed by atoms with Crippen molar-refractivity contribution in [1.29, 1.82) is 0 Å². The first kappa shape index (κ1) is 18.9. The van der Waals surface area contributed by atoms with Crippen molar-refractivity contribution >= 4 is 15.9 Å². The van der Waals surface area contributed by atoms with Crippen molar-refractivity contribution in [2.24, 2.45) is 0 Å². The fraction of sp³-hybridized carbons (Fsp3) is 0.611. The Bertz CT molecular complexity index is 620. The summed E-state index contributed by atoms with van der Waals surface area (Å²) in [5.74, 6) is 0.0495. The number of aryl methyl sites for hydroxylation is 1. The molecule has 1 fully saturated rings. The molecule has 1 aliphatic rings. The molecular formula is C18H28N2O3S. The third-order valence-corrected chi connectivity index (χ3v) is 6.28. The van der Waals surface area contributed by atoms with Gasteiger partial charge in [0.1, 0.15) is 0 Å². The first-order valence-electron chi connectivity index (χ1n) is 8.90. The number of unbranched alkanes of at least 4 members (excludes halogenated alkanes) is 1. The second-order valence-electron chi connectivity index (χ2n) is 6.31. The lowest BCUT2D eigenvalue weighted by atomic mass is 10.1. The zero-order valence-corrected chi connectivity index (χ0v) is 15.3. The quantitative estimate of drug-likeness (QED) is 0.732. The van der Waals surface area contributed by atoms with E-state index >= 15 is 0 Å². The van der Waals surface area contributed by atoms with Gasteiger partial charge < -0.3 is 5.32 Å². The monoisotopic (exact) mass is 352 g/mol. The van der Waals surface area contributed by atoms with Crippen LogP contribution in [0.5, 0.6) is 0 Å². The van der Waals surface area contributed by atoms with Crippen molar-refractivity contribution in [3.05, 3.63) is 29.8 Å². The summed E-state index contributed by atoms with van der Waals surface area (Å²) in [6.45, 7) is 4.04. The number of nitrogens with zero attached hydrogens (tertiary/aromatic N) is 1. The van der Waals surface area contributed by atoms with E-state index in [1.807, 2.05) is 12.1 Å². The number of hydrogen-bond acceptors (Lipinski definition) is 3. The third-order valence-electron chi connectivity index (χ3n) is 4.37. The zero-order chi connectivity index (χ0) is 17.4. The Labute approximate surface area is 145 Å². The molecule has 6 heteroatoms. The van der Waals surface area contributed by atoms with Crippen LogP contribution in [0, 0.1) is 0 Å². The molecule has 134 valence electrons. The lowest BCUT2D eigenvalue weighted by molar-refractivity contribution is -0.121. The molecule has 0 aromatic heterocycles. The van der Waals surface area contributed by atoms with E-state index in [9.17, 15) is 13.2 Å². The molecule has 1 aromatic carbocycles. The van der Waals surface area contributed by atoms with Gasteiger partial charge in [-0.2, -0.15) is 4.31 Å².